The molecule has 6 atom stereocenters. The second kappa shape index (κ2) is 5.29. The van der Waals surface area contributed by atoms with Crippen LogP contribution in [0.1, 0.15) is 0 Å². The highest BCUT2D eigenvalue weighted by molar-refractivity contribution is 7.13. The first-order valence-corrected chi connectivity index (χ1v) is 4.61. The Morgan fingerprint density at radius 1 is 1.21 bits per heavy atom. The quantitative estimate of drug-likeness (QED) is 0.260. The molecule has 1 fully saturated rings. The van der Waals surface area contributed by atoms with E-state index < -0.39 is 37.3 Å². The molecule has 7 nitrogen and oxygen atoms in total. The molecule has 0 aromatic carbocycles. The Morgan fingerprint density at radius 3 is 2.36 bits per heavy atom. The van der Waals surface area contributed by atoms with E-state index in [4.69, 9.17) is 14.7 Å². The molecule has 0 amide bonds. The summed E-state index contributed by atoms with van der Waals surface area (Å²) in [6, 6.07) is 0. The summed E-state index contributed by atoms with van der Waals surface area (Å²) in [6.07, 6.45) is -6.23. The lowest BCUT2D eigenvalue weighted by molar-refractivity contribution is -0.308. The molecule has 1 saturated heterocycles. The molecule has 0 aliphatic carbocycles. The van der Waals surface area contributed by atoms with Crippen molar-refractivity contribution in [1.29, 1.82) is 0 Å². The van der Waals surface area contributed by atoms with Gasteiger partial charge in [-0.3, -0.25) is 4.84 Å². The smallest absolute Gasteiger partial charge is 0.206 e. The number of ether oxygens (including phenoxy) is 1. The lowest BCUT2D eigenvalue weighted by atomic mass is 9.99. The first kappa shape index (κ1) is 12.2. The van der Waals surface area contributed by atoms with Gasteiger partial charge < -0.3 is 25.2 Å². The van der Waals surface area contributed by atoms with Gasteiger partial charge in [0.15, 0.2) is 0 Å². The van der Waals surface area contributed by atoms with Crippen LogP contribution in [-0.2, 0) is 9.57 Å². The van der Waals surface area contributed by atoms with Gasteiger partial charge in [-0.1, -0.05) is 0 Å². The lowest BCUT2D eigenvalue weighted by Gasteiger charge is -2.38. The number of nitrogens with one attached hydrogen (secondary N) is 1. The van der Waals surface area contributed by atoms with Crippen molar-refractivity contribution in [3.8, 4) is 0 Å². The van der Waals surface area contributed by atoms with E-state index in [2.05, 4.69) is 5.25 Å². The first-order valence-electron chi connectivity index (χ1n) is 4.03. The molecule has 1 aliphatic rings. The molecule has 5 N–H and O–H groups in total. The zero-order valence-corrected chi connectivity index (χ0v) is 8.43. The van der Waals surface area contributed by atoms with E-state index in [1.807, 2.05) is 9.39 Å². The van der Waals surface area contributed by atoms with Gasteiger partial charge in [0, 0.05) is 0 Å². The van der Waals surface area contributed by atoms with Gasteiger partial charge in [-0.2, -0.15) is 5.25 Å². The van der Waals surface area contributed by atoms with Crippen molar-refractivity contribution in [1.82, 2.24) is 5.25 Å². The van der Waals surface area contributed by atoms with Crippen molar-refractivity contribution in [3.63, 3.8) is 0 Å². The topological polar surface area (TPSA) is 111 Å². The van der Waals surface area contributed by atoms with Gasteiger partial charge in [0.05, 0.1) is 6.61 Å². The fourth-order valence-electron chi connectivity index (χ4n) is 1.23. The van der Waals surface area contributed by atoms with Gasteiger partial charge in [-0.05, 0) is 9.39 Å². The van der Waals surface area contributed by atoms with E-state index in [-0.39, 0.29) is 0 Å². The number of hydrogen-bond acceptors (Lipinski definition) is 7. The van der Waals surface area contributed by atoms with E-state index in [0.717, 1.165) is 0 Å². The van der Waals surface area contributed by atoms with Crippen LogP contribution in [0.5, 0.6) is 0 Å². The zero-order valence-electron chi connectivity index (χ0n) is 7.28. The molecule has 0 radical (unpaired) electrons. The van der Waals surface area contributed by atoms with Gasteiger partial charge in [-0.25, -0.2) is 0 Å². The van der Waals surface area contributed by atoms with Crippen LogP contribution in [0.3, 0.4) is 0 Å². The monoisotopic (exact) mass is 227 g/mol. The largest absolute Gasteiger partial charge is 0.394 e. The lowest BCUT2D eigenvalue weighted by Crippen LogP contribution is -2.59. The fraction of sp³-hybridized carbons (Fsp3) is 1.00. The normalized spacial score (nSPS) is 43.9. The van der Waals surface area contributed by atoms with Crippen LogP contribution >= 0.6 is 9.39 Å². The highest BCUT2D eigenvalue weighted by Crippen LogP contribution is 2.21. The average molecular weight is 227 g/mol. The molecule has 14 heavy (non-hydrogen) atoms. The van der Waals surface area contributed by atoms with Gasteiger partial charge >= 0.3 is 0 Å². The number of hydrogen-bond donors (Lipinski definition) is 5. The van der Waals surface area contributed by atoms with E-state index in [1.165, 1.54) is 0 Å². The standard InChI is InChI=1S/C6H14NO6P/c8-1-2-3(9)4(10)5(11)6(12-2)13-7-14/h2-11H,1,14H2/t2?,3?,4-,5+,6-/m1/s1. The van der Waals surface area contributed by atoms with Gasteiger partial charge in [0.1, 0.15) is 24.4 Å². The van der Waals surface area contributed by atoms with Gasteiger partial charge in [-0.15, -0.1) is 0 Å². The van der Waals surface area contributed by atoms with Crippen molar-refractivity contribution in [2.45, 2.75) is 30.7 Å². The summed E-state index contributed by atoms with van der Waals surface area (Å²) in [4.78, 5) is 4.70. The van der Waals surface area contributed by atoms with Crippen LogP contribution in [0.25, 0.3) is 0 Å². The number of rotatable bonds is 3. The molecule has 0 aromatic heterocycles. The fourth-order valence-corrected chi connectivity index (χ4v) is 1.37. The van der Waals surface area contributed by atoms with Crippen LogP contribution in [0.4, 0.5) is 0 Å². The molecular weight excluding hydrogens is 213 g/mol. The third-order valence-corrected chi connectivity index (χ3v) is 2.17. The molecule has 0 bridgehead atoms. The molecule has 1 rings (SSSR count). The van der Waals surface area contributed by atoms with E-state index in [1.54, 1.807) is 0 Å². The molecular formula is C6H14NO6P. The summed E-state index contributed by atoms with van der Waals surface area (Å²) in [5, 5.41) is 39.0. The minimum atomic E-state index is -1.41. The molecule has 1 aliphatic heterocycles. The Labute approximate surface area is 82.9 Å². The summed E-state index contributed by atoms with van der Waals surface area (Å²) in [6.45, 7) is -0.471. The Balaban J connectivity index is 2.63. The molecule has 3 unspecified atom stereocenters. The molecule has 8 heteroatoms. The van der Waals surface area contributed by atoms with Crippen molar-refractivity contribution < 1.29 is 30.0 Å². The molecule has 0 saturated carbocycles. The van der Waals surface area contributed by atoms with E-state index >= 15 is 0 Å². The highest BCUT2D eigenvalue weighted by Gasteiger charge is 2.44. The molecule has 0 aromatic rings. The zero-order chi connectivity index (χ0) is 10.7. The highest BCUT2D eigenvalue weighted by atomic mass is 31.0. The van der Waals surface area contributed by atoms with E-state index in [9.17, 15) is 15.3 Å². The maximum absolute atomic E-state index is 9.36. The van der Waals surface area contributed by atoms with Crippen LogP contribution in [-0.4, -0.2) is 57.7 Å². The van der Waals surface area contributed by atoms with Gasteiger partial charge in [0.25, 0.3) is 0 Å². The van der Waals surface area contributed by atoms with Crippen LogP contribution in [0.2, 0.25) is 0 Å². The summed E-state index contributed by atoms with van der Waals surface area (Å²) >= 11 is 0. The Bertz CT molecular complexity index is 180. The van der Waals surface area contributed by atoms with Gasteiger partial charge in [0.2, 0.25) is 6.29 Å². The van der Waals surface area contributed by atoms with Crippen molar-refractivity contribution in [3.05, 3.63) is 0 Å². The first-order chi connectivity index (χ1) is 6.61. The third-order valence-electron chi connectivity index (χ3n) is 2.03. The summed E-state index contributed by atoms with van der Waals surface area (Å²) in [5.74, 6) is 0. The average Bonchev–Trinajstić information content (AvgIpc) is 2.19. The summed E-state index contributed by atoms with van der Waals surface area (Å²) < 4.78 is 4.96. The predicted octanol–water partition coefficient (Wildman–Crippen LogP) is -2.90. The Morgan fingerprint density at radius 2 is 1.86 bits per heavy atom. The number of aliphatic hydroxyl groups is 4. The van der Waals surface area contributed by atoms with Crippen LogP contribution in [0.15, 0.2) is 0 Å². The minimum Gasteiger partial charge on any atom is -0.394 e. The van der Waals surface area contributed by atoms with E-state index in [0.29, 0.717) is 0 Å². The Hall–Kier alpha value is 0.150. The van der Waals surface area contributed by atoms with Crippen molar-refractivity contribution in [2.75, 3.05) is 6.61 Å². The third kappa shape index (κ3) is 2.39. The second-order valence-corrected chi connectivity index (χ2v) is 3.17. The van der Waals surface area contributed by atoms with Crippen LogP contribution < -0.4 is 5.25 Å². The van der Waals surface area contributed by atoms with Crippen molar-refractivity contribution >= 4 is 9.39 Å². The number of aliphatic hydroxyl groups excluding tert-OH is 4. The Kier molecular flexibility index (Phi) is 4.62. The summed E-state index contributed by atoms with van der Waals surface area (Å²) in [7, 11) is 2.02. The maximum atomic E-state index is 9.36. The molecule has 84 valence electrons. The van der Waals surface area contributed by atoms with Crippen molar-refractivity contribution in [2.24, 2.45) is 0 Å². The predicted molar refractivity (Wildman–Crippen MR) is 47.7 cm³/mol. The van der Waals surface area contributed by atoms with Crippen LogP contribution in [0, 0.1) is 0 Å². The maximum Gasteiger partial charge on any atom is 0.206 e. The summed E-state index contributed by atoms with van der Waals surface area (Å²) in [5.41, 5.74) is 0. The SMILES string of the molecule is OCC1O[C@H](ONP)[C@@H](O)[C@H](O)C1O. The molecule has 1 heterocycles. The minimum absolute atomic E-state index is 0.471. The molecule has 0 spiro atoms. The second-order valence-electron chi connectivity index (χ2n) is 2.93.